The number of fused-ring (bicyclic) bond motifs is 5. The van der Waals surface area contributed by atoms with Gasteiger partial charge in [0.1, 0.15) is 0 Å². The number of nitrogens with one attached hydrogen (secondary N) is 2. The van der Waals surface area contributed by atoms with E-state index in [4.69, 9.17) is 0 Å². The highest BCUT2D eigenvalue weighted by Crippen LogP contribution is 2.40. The quantitative estimate of drug-likeness (QED) is 0.650. The largest absolute Gasteiger partial charge is 0.352 e. The molecule has 2 aromatic carbocycles. The number of benzene rings is 2. The molecular weight excluding hydrogens is 456 g/mol. The number of nitrogens with zero attached hydrogens (tertiary/aromatic N) is 3. The van der Waals surface area contributed by atoms with Crippen molar-refractivity contribution in [3.05, 3.63) is 59.2 Å². The molecule has 1 fully saturated rings. The second-order valence-electron chi connectivity index (χ2n) is 9.14. The number of guanidine groups is 1. The van der Waals surface area contributed by atoms with Crippen LogP contribution in [-0.4, -0.2) is 60.2 Å². The summed E-state index contributed by atoms with van der Waals surface area (Å²) in [6.07, 6.45) is 2.22. The number of para-hydroxylation sites is 1. The molecular formula is C25H25F2N5O3. The summed E-state index contributed by atoms with van der Waals surface area (Å²) in [4.78, 5) is 45.8. The predicted molar refractivity (Wildman–Crippen MR) is 127 cm³/mol. The van der Waals surface area contributed by atoms with Crippen LogP contribution in [0.15, 0.2) is 47.5 Å². The van der Waals surface area contributed by atoms with Crippen LogP contribution >= 0.6 is 0 Å². The van der Waals surface area contributed by atoms with Crippen LogP contribution in [0.3, 0.4) is 0 Å². The third kappa shape index (κ3) is 4.36. The summed E-state index contributed by atoms with van der Waals surface area (Å²) in [6, 6.07) is 11.3. The summed E-state index contributed by atoms with van der Waals surface area (Å²) < 4.78 is 26.9. The summed E-state index contributed by atoms with van der Waals surface area (Å²) in [7, 11) is 0. The summed E-state index contributed by atoms with van der Waals surface area (Å²) in [5.74, 6) is -3.88. The second-order valence-corrected chi connectivity index (χ2v) is 9.14. The lowest BCUT2D eigenvalue weighted by Crippen LogP contribution is -2.58. The number of carbonyl (C=O) groups is 3. The maximum atomic E-state index is 13.4. The van der Waals surface area contributed by atoms with Crippen LogP contribution in [0.5, 0.6) is 0 Å². The molecule has 35 heavy (non-hydrogen) atoms. The highest BCUT2D eigenvalue weighted by Gasteiger charge is 2.47. The lowest BCUT2D eigenvalue weighted by Gasteiger charge is -2.39. The van der Waals surface area contributed by atoms with Crippen molar-refractivity contribution in [3.8, 4) is 0 Å². The normalized spacial score (nSPS) is 23.1. The van der Waals surface area contributed by atoms with Crippen molar-refractivity contribution in [1.82, 2.24) is 10.2 Å². The SMILES string of the molecule is CC1CCCCNC(=O)c2cccc(c2)C(=O)/N=C2\Nc3cccc(C(=O)N4CC(F)(F)C4)c3N21. The van der Waals surface area contributed by atoms with Crippen molar-refractivity contribution in [2.24, 2.45) is 4.99 Å². The fraction of sp³-hybridized carbons (Fsp3) is 0.360. The number of anilines is 2. The lowest BCUT2D eigenvalue weighted by atomic mass is 10.0. The number of likely N-dealkylation sites (tertiary alicyclic amines) is 1. The van der Waals surface area contributed by atoms with Crippen LogP contribution in [0, 0.1) is 0 Å². The number of hydrogen-bond donors (Lipinski definition) is 2. The van der Waals surface area contributed by atoms with Gasteiger partial charge in [-0.15, -0.1) is 0 Å². The Labute approximate surface area is 201 Å². The van der Waals surface area contributed by atoms with Gasteiger partial charge < -0.3 is 20.4 Å². The van der Waals surface area contributed by atoms with Gasteiger partial charge in [0, 0.05) is 23.7 Å². The number of aliphatic imine (C=N–C) groups is 1. The maximum Gasteiger partial charge on any atom is 0.282 e. The van der Waals surface area contributed by atoms with E-state index in [1.807, 2.05) is 11.8 Å². The number of hydrogen-bond acceptors (Lipinski definition) is 5. The summed E-state index contributed by atoms with van der Waals surface area (Å²) in [5.41, 5.74) is 2.02. The van der Waals surface area contributed by atoms with E-state index in [1.54, 1.807) is 36.4 Å². The Hall–Kier alpha value is -3.82. The summed E-state index contributed by atoms with van der Waals surface area (Å²) in [6.45, 7) is 1.23. The van der Waals surface area contributed by atoms with Crippen LogP contribution in [-0.2, 0) is 0 Å². The summed E-state index contributed by atoms with van der Waals surface area (Å²) >= 11 is 0. The van der Waals surface area contributed by atoms with Crippen molar-refractivity contribution in [3.63, 3.8) is 0 Å². The first kappa shape index (κ1) is 22.9. The predicted octanol–water partition coefficient (Wildman–Crippen LogP) is 3.51. The average molecular weight is 482 g/mol. The lowest BCUT2D eigenvalue weighted by molar-refractivity contribution is -0.113. The Kier molecular flexibility index (Phi) is 5.74. The first-order valence-electron chi connectivity index (χ1n) is 11.6. The van der Waals surface area contributed by atoms with E-state index in [0.717, 1.165) is 17.7 Å². The van der Waals surface area contributed by atoms with E-state index in [-0.39, 0.29) is 29.0 Å². The van der Waals surface area contributed by atoms with Crippen LogP contribution in [0.4, 0.5) is 20.2 Å². The van der Waals surface area contributed by atoms with Crippen molar-refractivity contribution in [2.75, 3.05) is 29.9 Å². The Bertz CT molecular complexity index is 1240. The molecule has 1 saturated heterocycles. The molecule has 182 valence electrons. The van der Waals surface area contributed by atoms with Gasteiger partial charge in [0.15, 0.2) is 0 Å². The zero-order valence-corrected chi connectivity index (χ0v) is 19.2. The second kappa shape index (κ2) is 8.75. The molecule has 0 aliphatic carbocycles. The zero-order valence-electron chi connectivity index (χ0n) is 19.2. The van der Waals surface area contributed by atoms with Gasteiger partial charge in [-0.05, 0) is 56.5 Å². The molecule has 2 aromatic rings. The number of alkyl halides is 2. The topological polar surface area (TPSA) is 94.1 Å². The molecule has 0 aromatic heterocycles. The highest BCUT2D eigenvalue weighted by molar-refractivity contribution is 6.22. The van der Waals surface area contributed by atoms with Crippen LogP contribution < -0.4 is 15.5 Å². The Balaban J connectivity index is 1.55. The van der Waals surface area contributed by atoms with E-state index in [0.29, 0.717) is 29.9 Å². The smallest absolute Gasteiger partial charge is 0.282 e. The number of carbonyl (C=O) groups excluding carboxylic acids is 3. The maximum absolute atomic E-state index is 13.4. The van der Waals surface area contributed by atoms with Gasteiger partial charge in [-0.1, -0.05) is 12.1 Å². The number of amides is 3. The standard InChI is InChI=1S/C25H25F2N5O3/c1-15-6-2-3-11-28-21(33)16-7-4-8-17(12-16)22(34)30-24-29-19-10-5-9-18(20(19)32(15)24)23(35)31-13-25(26,27)14-31/h4-5,7-10,12,15H,2-3,6,11,13-14H2,1H3,(H,28,33)(H,29,30,34). The van der Waals surface area contributed by atoms with Gasteiger partial charge >= 0.3 is 0 Å². The minimum absolute atomic E-state index is 0.160. The molecule has 10 heteroatoms. The molecule has 3 aliphatic heterocycles. The molecule has 1 unspecified atom stereocenters. The monoisotopic (exact) mass is 481 g/mol. The Morgan fingerprint density at radius 3 is 2.60 bits per heavy atom. The van der Waals surface area contributed by atoms with Crippen LogP contribution in [0.1, 0.15) is 57.3 Å². The molecule has 3 aliphatic rings. The van der Waals surface area contributed by atoms with E-state index in [9.17, 15) is 23.2 Å². The van der Waals surface area contributed by atoms with Crippen molar-refractivity contribution in [2.45, 2.75) is 38.2 Å². The van der Waals surface area contributed by atoms with Crippen molar-refractivity contribution in [1.29, 1.82) is 0 Å². The van der Waals surface area contributed by atoms with E-state index < -0.39 is 30.8 Å². The van der Waals surface area contributed by atoms with Crippen molar-refractivity contribution >= 4 is 35.1 Å². The van der Waals surface area contributed by atoms with Gasteiger partial charge in [0.25, 0.3) is 23.6 Å². The van der Waals surface area contributed by atoms with E-state index in [1.165, 1.54) is 6.07 Å². The molecule has 3 amide bonds. The molecule has 2 bridgehead atoms. The minimum Gasteiger partial charge on any atom is -0.352 e. The number of halogens is 2. The van der Waals surface area contributed by atoms with Crippen molar-refractivity contribution < 1.29 is 23.2 Å². The molecule has 8 nitrogen and oxygen atoms in total. The van der Waals surface area contributed by atoms with Gasteiger partial charge in [0.05, 0.1) is 30.0 Å². The molecule has 0 saturated carbocycles. The fourth-order valence-corrected chi connectivity index (χ4v) is 4.65. The molecule has 0 radical (unpaired) electrons. The molecule has 2 N–H and O–H groups in total. The first-order chi connectivity index (χ1) is 16.7. The van der Waals surface area contributed by atoms with Gasteiger partial charge in [-0.3, -0.25) is 14.4 Å². The average Bonchev–Trinajstić information content (AvgIpc) is 3.19. The van der Waals surface area contributed by atoms with E-state index >= 15 is 0 Å². The minimum atomic E-state index is -2.87. The Morgan fingerprint density at radius 1 is 1.09 bits per heavy atom. The molecule has 1 atom stereocenters. The number of rotatable bonds is 1. The van der Waals surface area contributed by atoms with Crippen LogP contribution in [0.2, 0.25) is 0 Å². The molecule has 5 rings (SSSR count). The first-order valence-corrected chi connectivity index (χ1v) is 11.6. The van der Waals surface area contributed by atoms with Crippen LogP contribution in [0.25, 0.3) is 0 Å². The summed E-state index contributed by atoms with van der Waals surface area (Å²) in [5, 5.41) is 6.01. The fourth-order valence-electron chi connectivity index (χ4n) is 4.65. The molecule has 0 spiro atoms. The highest BCUT2D eigenvalue weighted by atomic mass is 19.3. The van der Waals surface area contributed by atoms with Gasteiger partial charge in [0.2, 0.25) is 5.96 Å². The third-order valence-corrected chi connectivity index (χ3v) is 6.47. The third-order valence-electron chi connectivity index (χ3n) is 6.47. The van der Waals surface area contributed by atoms with Gasteiger partial charge in [-0.2, -0.15) is 4.99 Å². The van der Waals surface area contributed by atoms with Gasteiger partial charge in [-0.25, -0.2) is 8.78 Å². The molecule has 3 heterocycles. The zero-order chi connectivity index (χ0) is 24.7. The Morgan fingerprint density at radius 2 is 1.83 bits per heavy atom. The van der Waals surface area contributed by atoms with E-state index in [2.05, 4.69) is 15.6 Å².